The van der Waals surface area contributed by atoms with E-state index in [1.807, 2.05) is 18.2 Å². The fraction of sp³-hybridized carbons (Fsp3) is 0.533. The predicted molar refractivity (Wildman–Crippen MR) is 71.3 cm³/mol. The van der Waals surface area contributed by atoms with Gasteiger partial charge in [-0.2, -0.15) is 0 Å². The molecule has 0 aliphatic carbocycles. The molecule has 2 atom stereocenters. The van der Waals surface area contributed by atoms with Crippen molar-refractivity contribution in [3.05, 3.63) is 35.9 Å². The number of nitrogens with zero attached hydrogens (tertiary/aromatic N) is 1. The Bertz CT molecular complexity index is 391. The zero-order chi connectivity index (χ0) is 13.0. The van der Waals surface area contributed by atoms with Gasteiger partial charge in [-0.1, -0.05) is 37.3 Å². The summed E-state index contributed by atoms with van der Waals surface area (Å²) in [4.78, 5) is 13.6. The highest BCUT2D eigenvalue weighted by Crippen LogP contribution is 2.27. The third-order valence-corrected chi connectivity index (χ3v) is 3.86. The summed E-state index contributed by atoms with van der Waals surface area (Å²) in [6.07, 6.45) is 2.71. The standard InChI is InChI=1S/C15H21NO2/c1-2-14-13(15(17)18)9-6-10-16(14)11-12-7-4-3-5-8-12/h3-5,7-8,13-14H,2,6,9-11H2,1H3,(H,17,18)/t13-,14+/m0/s1. The van der Waals surface area contributed by atoms with Crippen molar-refractivity contribution in [1.29, 1.82) is 0 Å². The number of carboxylic acids is 1. The molecule has 1 aromatic carbocycles. The number of carbonyl (C=O) groups is 1. The molecular weight excluding hydrogens is 226 g/mol. The quantitative estimate of drug-likeness (QED) is 0.889. The van der Waals surface area contributed by atoms with E-state index in [0.29, 0.717) is 0 Å². The summed E-state index contributed by atoms with van der Waals surface area (Å²) in [7, 11) is 0. The second-order valence-electron chi connectivity index (χ2n) is 5.02. The first-order chi connectivity index (χ1) is 8.72. The van der Waals surface area contributed by atoms with Crippen LogP contribution in [-0.4, -0.2) is 28.6 Å². The van der Waals surface area contributed by atoms with Gasteiger partial charge < -0.3 is 5.11 Å². The fourth-order valence-corrected chi connectivity index (χ4v) is 2.97. The van der Waals surface area contributed by atoms with E-state index < -0.39 is 5.97 Å². The van der Waals surface area contributed by atoms with Crippen molar-refractivity contribution in [3.63, 3.8) is 0 Å². The summed E-state index contributed by atoms with van der Waals surface area (Å²) in [5.41, 5.74) is 1.27. The normalized spacial score (nSPS) is 24.9. The van der Waals surface area contributed by atoms with Crippen LogP contribution in [0.1, 0.15) is 31.7 Å². The highest BCUT2D eigenvalue weighted by atomic mass is 16.4. The van der Waals surface area contributed by atoms with Gasteiger partial charge in [-0.05, 0) is 31.4 Å². The topological polar surface area (TPSA) is 40.5 Å². The molecule has 0 saturated carbocycles. The van der Waals surface area contributed by atoms with Gasteiger partial charge in [0.05, 0.1) is 5.92 Å². The van der Waals surface area contributed by atoms with E-state index in [4.69, 9.17) is 0 Å². The van der Waals surface area contributed by atoms with Gasteiger partial charge in [0.25, 0.3) is 0 Å². The lowest BCUT2D eigenvalue weighted by Crippen LogP contribution is -2.47. The van der Waals surface area contributed by atoms with Crippen LogP contribution in [0, 0.1) is 5.92 Å². The van der Waals surface area contributed by atoms with E-state index in [-0.39, 0.29) is 12.0 Å². The molecule has 1 fully saturated rings. The van der Waals surface area contributed by atoms with E-state index in [1.165, 1.54) is 5.56 Å². The molecule has 0 unspecified atom stereocenters. The van der Waals surface area contributed by atoms with E-state index >= 15 is 0 Å². The average molecular weight is 247 g/mol. The van der Waals surface area contributed by atoms with Crippen molar-refractivity contribution in [3.8, 4) is 0 Å². The first-order valence-electron chi connectivity index (χ1n) is 6.73. The van der Waals surface area contributed by atoms with E-state index in [1.54, 1.807) is 0 Å². The number of hydrogen-bond acceptors (Lipinski definition) is 2. The lowest BCUT2D eigenvalue weighted by molar-refractivity contribution is -0.146. The Hall–Kier alpha value is -1.35. The zero-order valence-corrected chi connectivity index (χ0v) is 10.9. The molecule has 2 rings (SSSR count). The number of carboxylic acid groups (broad SMARTS) is 1. The van der Waals surface area contributed by atoms with E-state index in [0.717, 1.165) is 32.4 Å². The number of benzene rings is 1. The molecular formula is C15H21NO2. The van der Waals surface area contributed by atoms with Gasteiger partial charge in [-0.15, -0.1) is 0 Å². The minimum Gasteiger partial charge on any atom is -0.481 e. The van der Waals surface area contributed by atoms with Crippen molar-refractivity contribution in [2.24, 2.45) is 5.92 Å². The van der Waals surface area contributed by atoms with Gasteiger partial charge in [0.2, 0.25) is 0 Å². The highest BCUT2D eigenvalue weighted by Gasteiger charge is 2.34. The monoisotopic (exact) mass is 247 g/mol. The minimum atomic E-state index is -0.639. The van der Waals surface area contributed by atoms with E-state index in [2.05, 4.69) is 24.0 Å². The average Bonchev–Trinajstić information content (AvgIpc) is 2.39. The van der Waals surface area contributed by atoms with Crippen LogP contribution in [0.15, 0.2) is 30.3 Å². The predicted octanol–water partition coefficient (Wildman–Crippen LogP) is 2.76. The van der Waals surface area contributed by atoms with Crippen molar-refractivity contribution < 1.29 is 9.90 Å². The van der Waals surface area contributed by atoms with Gasteiger partial charge in [0.1, 0.15) is 0 Å². The molecule has 1 N–H and O–H groups in total. The molecule has 1 aliphatic heterocycles. The smallest absolute Gasteiger partial charge is 0.308 e. The minimum absolute atomic E-state index is 0.177. The Morgan fingerprint density at radius 1 is 1.39 bits per heavy atom. The maximum absolute atomic E-state index is 11.3. The number of hydrogen-bond donors (Lipinski definition) is 1. The highest BCUT2D eigenvalue weighted by molar-refractivity contribution is 5.71. The molecule has 0 amide bonds. The second-order valence-corrected chi connectivity index (χ2v) is 5.02. The van der Waals surface area contributed by atoms with Crippen LogP contribution in [0.3, 0.4) is 0 Å². The van der Waals surface area contributed by atoms with Crippen molar-refractivity contribution in [1.82, 2.24) is 4.90 Å². The van der Waals surface area contributed by atoms with Crippen LogP contribution in [0.25, 0.3) is 0 Å². The molecule has 0 bridgehead atoms. The van der Waals surface area contributed by atoms with Crippen LogP contribution in [0.2, 0.25) is 0 Å². The Morgan fingerprint density at radius 3 is 2.72 bits per heavy atom. The number of rotatable bonds is 4. The van der Waals surface area contributed by atoms with Crippen LogP contribution in [0.5, 0.6) is 0 Å². The summed E-state index contributed by atoms with van der Waals surface area (Å²) in [5, 5.41) is 9.30. The molecule has 3 nitrogen and oxygen atoms in total. The SMILES string of the molecule is CC[C@@H]1[C@@H](C(=O)O)CCCN1Cc1ccccc1. The lowest BCUT2D eigenvalue weighted by atomic mass is 9.87. The van der Waals surface area contributed by atoms with Crippen LogP contribution in [-0.2, 0) is 11.3 Å². The summed E-state index contributed by atoms with van der Waals surface area (Å²) >= 11 is 0. The molecule has 1 aromatic rings. The molecule has 1 saturated heterocycles. The van der Waals surface area contributed by atoms with Crippen molar-refractivity contribution in [2.75, 3.05) is 6.54 Å². The maximum atomic E-state index is 11.3. The summed E-state index contributed by atoms with van der Waals surface area (Å²) in [6.45, 7) is 3.96. The first-order valence-corrected chi connectivity index (χ1v) is 6.73. The Kier molecular flexibility index (Phi) is 4.37. The molecule has 1 heterocycles. The lowest BCUT2D eigenvalue weighted by Gasteiger charge is -2.39. The van der Waals surface area contributed by atoms with Gasteiger partial charge in [0, 0.05) is 12.6 Å². The van der Waals surface area contributed by atoms with Gasteiger partial charge in [-0.3, -0.25) is 9.69 Å². The molecule has 1 aliphatic rings. The third-order valence-electron chi connectivity index (χ3n) is 3.86. The van der Waals surface area contributed by atoms with Crippen LogP contribution < -0.4 is 0 Å². The largest absolute Gasteiger partial charge is 0.481 e. The zero-order valence-electron chi connectivity index (χ0n) is 10.9. The Balaban J connectivity index is 2.08. The molecule has 98 valence electrons. The third kappa shape index (κ3) is 2.91. The molecule has 0 radical (unpaired) electrons. The van der Waals surface area contributed by atoms with Crippen molar-refractivity contribution in [2.45, 2.75) is 38.8 Å². The Labute approximate surface area is 108 Å². The number of aliphatic carboxylic acids is 1. The van der Waals surface area contributed by atoms with Crippen LogP contribution >= 0.6 is 0 Å². The van der Waals surface area contributed by atoms with Gasteiger partial charge in [-0.25, -0.2) is 0 Å². The number of piperidine rings is 1. The molecule has 3 heteroatoms. The summed E-state index contributed by atoms with van der Waals surface area (Å²) in [5.74, 6) is -0.841. The van der Waals surface area contributed by atoms with Gasteiger partial charge >= 0.3 is 5.97 Å². The molecule has 0 aromatic heterocycles. The van der Waals surface area contributed by atoms with E-state index in [9.17, 15) is 9.90 Å². The second kappa shape index (κ2) is 6.01. The molecule has 0 spiro atoms. The summed E-state index contributed by atoms with van der Waals surface area (Å²) < 4.78 is 0. The van der Waals surface area contributed by atoms with Crippen LogP contribution in [0.4, 0.5) is 0 Å². The maximum Gasteiger partial charge on any atom is 0.308 e. The Morgan fingerprint density at radius 2 is 2.11 bits per heavy atom. The molecule has 18 heavy (non-hydrogen) atoms. The summed E-state index contributed by atoms with van der Waals surface area (Å²) in [6, 6.07) is 10.5. The first kappa shape index (κ1) is 13.1. The van der Waals surface area contributed by atoms with Crippen molar-refractivity contribution >= 4 is 5.97 Å². The fourth-order valence-electron chi connectivity index (χ4n) is 2.97. The van der Waals surface area contributed by atoms with Gasteiger partial charge in [0.15, 0.2) is 0 Å². The number of likely N-dealkylation sites (tertiary alicyclic amines) is 1.